The van der Waals surface area contributed by atoms with Crippen molar-refractivity contribution in [3.63, 3.8) is 0 Å². The number of halogens is 3. The van der Waals surface area contributed by atoms with Gasteiger partial charge >= 0.3 is 0 Å². The Hall–Kier alpha value is -1.66. The highest BCUT2D eigenvalue weighted by molar-refractivity contribution is 9.10. The second kappa shape index (κ2) is 6.87. The summed E-state index contributed by atoms with van der Waals surface area (Å²) in [7, 11) is 1.54. The summed E-state index contributed by atoms with van der Waals surface area (Å²) < 4.78 is 32.6. The summed E-state index contributed by atoms with van der Waals surface area (Å²) in [5.41, 5.74) is 0.613. The van der Waals surface area contributed by atoms with Gasteiger partial charge in [0.15, 0.2) is 0 Å². The molecule has 0 aliphatic carbocycles. The van der Waals surface area contributed by atoms with E-state index >= 15 is 0 Å². The topological polar surface area (TPSA) is 41.5 Å². The van der Waals surface area contributed by atoms with Crippen molar-refractivity contribution < 1.29 is 18.6 Å². The normalized spacial score (nSPS) is 12.0. The summed E-state index contributed by atoms with van der Waals surface area (Å²) in [5.74, 6) is -0.592. The van der Waals surface area contributed by atoms with Crippen LogP contribution in [0.5, 0.6) is 5.75 Å². The van der Waals surface area contributed by atoms with Gasteiger partial charge in [0.05, 0.1) is 13.2 Å². The van der Waals surface area contributed by atoms with E-state index in [2.05, 4.69) is 21.2 Å². The van der Waals surface area contributed by atoms with Gasteiger partial charge < -0.3 is 15.2 Å². The summed E-state index contributed by atoms with van der Waals surface area (Å²) in [4.78, 5) is 0. The van der Waals surface area contributed by atoms with E-state index in [9.17, 15) is 13.9 Å². The monoisotopic (exact) mass is 357 g/mol. The molecule has 3 nitrogen and oxygen atoms in total. The molecule has 0 spiro atoms. The first-order valence-corrected chi connectivity index (χ1v) is 7.00. The fourth-order valence-corrected chi connectivity index (χ4v) is 2.35. The molecule has 0 bridgehead atoms. The SMILES string of the molecule is COc1cc(Br)cc(NCC(O)c2cc(F)ccc2F)c1. The summed E-state index contributed by atoms with van der Waals surface area (Å²) in [5, 5.41) is 12.9. The molecule has 112 valence electrons. The molecule has 0 fully saturated rings. The van der Waals surface area contributed by atoms with E-state index in [1.807, 2.05) is 0 Å². The first kappa shape index (κ1) is 15.7. The Labute approximate surface area is 129 Å². The Morgan fingerprint density at radius 3 is 2.71 bits per heavy atom. The van der Waals surface area contributed by atoms with Crippen LogP contribution in [-0.2, 0) is 0 Å². The number of aliphatic hydroxyl groups excluding tert-OH is 1. The molecule has 1 unspecified atom stereocenters. The Kier molecular flexibility index (Phi) is 5.14. The second-order valence-corrected chi connectivity index (χ2v) is 5.36. The molecule has 0 heterocycles. The second-order valence-electron chi connectivity index (χ2n) is 4.44. The van der Waals surface area contributed by atoms with Crippen molar-refractivity contribution >= 4 is 21.6 Å². The van der Waals surface area contributed by atoms with Crippen LogP contribution in [0.3, 0.4) is 0 Å². The van der Waals surface area contributed by atoms with Crippen LogP contribution < -0.4 is 10.1 Å². The first-order chi connectivity index (χ1) is 9.99. The molecule has 0 radical (unpaired) electrons. The highest BCUT2D eigenvalue weighted by Crippen LogP contribution is 2.25. The van der Waals surface area contributed by atoms with Crippen molar-refractivity contribution in [2.45, 2.75) is 6.10 Å². The third-order valence-electron chi connectivity index (χ3n) is 2.92. The number of rotatable bonds is 5. The Morgan fingerprint density at radius 1 is 1.24 bits per heavy atom. The maximum Gasteiger partial charge on any atom is 0.129 e. The van der Waals surface area contributed by atoms with Gasteiger partial charge in [0.25, 0.3) is 0 Å². The smallest absolute Gasteiger partial charge is 0.129 e. The summed E-state index contributed by atoms with van der Waals surface area (Å²) in [6, 6.07) is 8.31. The van der Waals surface area contributed by atoms with Gasteiger partial charge in [0.2, 0.25) is 0 Å². The quantitative estimate of drug-likeness (QED) is 0.853. The number of hydrogen-bond acceptors (Lipinski definition) is 3. The number of anilines is 1. The van der Waals surface area contributed by atoms with Gasteiger partial charge in [-0.3, -0.25) is 0 Å². The van der Waals surface area contributed by atoms with Gasteiger partial charge in [-0.05, 0) is 30.3 Å². The molecular formula is C15H14BrF2NO2. The van der Waals surface area contributed by atoms with E-state index in [1.165, 1.54) is 0 Å². The van der Waals surface area contributed by atoms with Crippen molar-refractivity contribution in [2.24, 2.45) is 0 Å². The van der Waals surface area contributed by atoms with Crippen LogP contribution in [0.1, 0.15) is 11.7 Å². The predicted molar refractivity (Wildman–Crippen MR) is 80.5 cm³/mol. The van der Waals surface area contributed by atoms with Gasteiger partial charge in [0.1, 0.15) is 17.4 Å². The number of nitrogens with one attached hydrogen (secondary N) is 1. The zero-order chi connectivity index (χ0) is 15.4. The molecule has 2 aromatic carbocycles. The first-order valence-electron chi connectivity index (χ1n) is 6.21. The van der Waals surface area contributed by atoms with Gasteiger partial charge in [0, 0.05) is 28.3 Å². The van der Waals surface area contributed by atoms with Crippen molar-refractivity contribution in [1.29, 1.82) is 0 Å². The summed E-state index contributed by atoms with van der Waals surface area (Å²) >= 11 is 3.33. The maximum absolute atomic E-state index is 13.5. The molecular weight excluding hydrogens is 344 g/mol. The van der Waals surface area contributed by atoms with E-state index < -0.39 is 17.7 Å². The molecule has 2 N–H and O–H groups in total. The standard InChI is InChI=1S/C15H14BrF2NO2/c1-21-12-5-9(16)4-11(7-12)19-8-15(20)13-6-10(17)2-3-14(13)18/h2-7,15,19-20H,8H2,1H3. The fraction of sp³-hybridized carbons (Fsp3) is 0.200. The molecule has 2 rings (SSSR count). The molecule has 6 heteroatoms. The van der Waals surface area contributed by atoms with E-state index in [1.54, 1.807) is 25.3 Å². The van der Waals surface area contributed by atoms with Crippen molar-refractivity contribution in [2.75, 3.05) is 19.0 Å². The summed E-state index contributed by atoms with van der Waals surface area (Å²) in [6.07, 6.45) is -1.16. The summed E-state index contributed by atoms with van der Waals surface area (Å²) in [6.45, 7) is 0.0416. The zero-order valence-corrected chi connectivity index (χ0v) is 12.8. The van der Waals surface area contributed by atoms with Crippen LogP contribution in [0.2, 0.25) is 0 Å². The lowest BCUT2D eigenvalue weighted by atomic mass is 10.1. The largest absolute Gasteiger partial charge is 0.497 e. The highest BCUT2D eigenvalue weighted by atomic mass is 79.9. The van der Waals surface area contributed by atoms with E-state index in [0.717, 1.165) is 22.7 Å². The van der Waals surface area contributed by atoms with E-state index in [0.29, 0.717) is 11.4 Å². The minimum atomic E-state index is -1.16. The number of aliphatic hydroxyl groups is 1. The molecule has 0 amide bonds. The number of hydrogen-bond donors (Lipinski definition) is 2. The minimum Gasteiger partial charge on any atom is -0.497 e. The average molecular weight is 358 g/mol. The van der Waals surface area contributed by atoms with Crippen LogP contribution in [0.4, 0.5) is 14.5 Å². The Balaban J connectivity index is 2.08. The number of ether oxygens (including phenoxy) is 1. The number of benzene rings is 2. The van der Waals surface area contributed by atoms with Crippen LogP contribution in [0.15, 0.2) is 40.9 Å². The van der Waals surface area contributed by atoms with Crippen molar-refractivity contribution in [1.82, 2.24) is 0 Å². The highest BCUT2D eigenvalue weighted by Gasteiger charge is 2.14. The Morgan fingerprint density at radius 2 is 2.00 bits per heavy atom. The third-order valence-corrected chi connectivity index (χ3v) is 3.38. The van der Waals surface area contributed by atoms with Crippen LogP contribution in [0, 0.1) is 11.6 Å². The molecule has 0 aromatic heterocycles. The molecule has 2 aromatic rings. The van der Waals surface area contributed by atoms with Crippen molar-refractivity contribution in [3.8, 4) is 5.75 Å². The lowest BCUT2D eigenvalue weighted by Crippen LogP contribution is -2.13. The van der Waals surface area contributed by atoms with Crippen LogP contribution in [-0.4, -0.2) is 18.8 Å². The fourth-order valence-electron chi connectivity index (χ4n) is 1.88. The lowest BCUT2D eigenvalue weighted by molar-refractivity contribution is 0.186. The van der Waals surface area contributed by atoms with Gasteiger partial charge in [-0.25, -0.2) is 8.78 Å². The Bertz CT molecular complexity index is 637. The van der Waals surface area contributed by atoms with Crippen molar-refractivity contribution in [3.05, 3.63) is 58.1 Å². The van der Waals surface area contributed by atoms with E-state index in [-0.39, 0.29) is 12.1 Å². The molecule has 1 atom stereocenters. The minimum absolute atomic E-state index is 0.0416. The zero-order valence-electron chi connectivity index (χ0n) is 11.2. The maximum atomic E-state index is 13.5. The van der Waals surface area contributed by atoms with Gasteiger partial charge in [-0.1, -0.05) is 15.9 Å². The molecule has 21 heavy (non-hydrogen) atoms. The number of methoxy groups -OCH3 is 1. The predicted octanol–water partition coefficient (Wildman–Crippen LogP) is 3.88. The van der Waals surface area contributed by atoms with Crippen LogP contribution in [0.25, 0.3) is 0 Å². The molecule has 0 saturated heterocycles. The molecule has 0 aliphatic heterocycles. The van der Waals surface area contributed by atoms with Gasteiger partial charge in [-0.2, -0.15) is 0 Å². The third kappa shape index (κ3) is 4.15. The average Bonchev–Trinajstić information content (AvgIpc) is 2.46. The molecule has 0 aliphatic rings. The van der Waals surface area contributed by atoms with Gasteiger partial charge in [-0.15, -0.1) is 0 Å². The lowest BCUT2D eigenvalue weighted by Gasteiger charge is -2.15. The molecule has 0 saturated carbocycles. The van der Waals surface area contributed by atoms with E-state index in [4.69, 9.17) is 4.74 Å². The van der Waals surface area contributed by atoms with Crippen LogP contribution >= 0.6 is 15.9 Å².